The highest BCUT2D eigenvalue weighted by molar-refractivity contribution is 5.80. The van der Waals surface area contributed by atoms with E-state index in [-0.39, 0.29) is 12.2 Å². The Morgan fingerprint density at radius 1 is 0.731 bits per heavy atom. The lowest BCUT2D eigenvalue weighted by Gasteiger charge is -2.18. The van der Waals surface area contributed by atoms with Gasteiger partial charge in [-0.25, -0.2) is 0 Å². The first-order valence-corrected chi connectivity index (χ1v) is 10.9. The molecular formula is C22H42O4. The zero-order valence-corrected chi connectivity index (χ0v) is 17.2. The second kappa shape index (κ2) is 17.5. The molecule has 26 heavy (non-hydrogen) atoms. The Balaban J connectivity index is 3.82. The predicted octanol–water partition coefficient (Wildman–Crippen LogP) is 5.90. The first-order chi connectivity index (χ1) is 12.5. The summed E-state index contributed by atoms with van der Waals surface area (Å²) in [6, 6.07) is 0. The number of rotatable bonds is 19. The molecular weight excluding hydrogens is 328 g/mol. The topological polar surface area (TPSA) is 74.6 Å². The van der Waals surface area contributed by atoms with Crippen molar-refractivity contribution in [1.82, 2.24) is 0 Å². The first-order valence-electron chi connectivity index (χ1n) is 10.9. The summed E-state index contributed by atoms with van der Waals surface area (Å²) in [5.74, 6) is -1.79. The number of unbranched alkanes of at least 4 members (excludes halogenated alkanes) is 11. The van der Waals surface area contributed by atoms with Gasteiger partial charge < -0.3 is 10.2 Å². The molecule has 0 rings (SSSR count). The number of aliphatic carboxylic acids is 1. The van der Waals surface area contributed by atoms with E-state index < -0.39 is 18.0 Å². The number of aliphatic hydroxyl groups excluding tert-OH is 1. The SMILES string of the molecule is CCCCCCCCCCCC(=O)CC(O)C(CCCCCC)C(=O)O. The minimum Gasteiger partial charge on any atom is -0.481 e. The van der Waals surface area contributed by atoms with Gasteiger partial charge in [0.05, 0.1) is 12.0 Å². The number of aliphatic hydroxyl groups is 1. The van der Waals surface area contributed by atoms with Crippen molar-refractivity contribution in [1.29, 1.82) is 0 Å². The highest BCUT2D eigenvalue weighted by Gasteiger charge is 2.27. The van der Waals surface area contributed by atoms with E-state index >= 15 is 0 Å². The molecule has 0 amide bonds. The van der Waals surface area contributed by atoms with Crippen LogP contribution in [-0.2, 0) is 9.59 Å². The van der Waals surface area contributed by atoms with Gasteiger partial charge in [0.2, 0.25) is 0 Å². The summed E-state index contributed by atoms with van der Waals surface area (Å²) in [6.07, 6.45) is 14.7. The molecule has 2 atom stereocenters. The van der Waals surface area contributed by atoms with Crippen LogP contribution in [0.2, 0.25) is 0 Å². The summed E-state index contributed by atoms with van der Waals surface area (Å²) >= 11 is 0. The fraction of sp³-hybridized carbons (Fsp3) is 0.909. The van der Waals surface area contributed by atoms with Crippen LogP contribution in [0.25, 0.3) is 0 Å². The van der Waals surface area contributed by atoms with E-state index in [4.69, 9.17) is 0 Å². The summed E-state index contributed by atoms with van der Waals surface area (Å²) in [4.78, 5) is 23.4. The van der Waals surface area contributed by atoms with Gasteiger partial charge in [-0.05, 0) is 12.8 Å². The molecule has 0 bridgehead atoms. The van der Waals surface area contributed by atoms with Crippen LogP contribution in [0.15, 0.2) is 0 Å². The maximum atomic E-state index is 12.0. The number of carbonyl (C=O) groups excluding carboxylic acids is 1. The second-order valence-corrected chi connectivity index (χ2v) is 7.68. The lowest BCUT2D eigenvalue weighted by atomic mass is 9.91. The van der Waals surface area contributed by atoms with E-state index in [1.165, 1.54) is 38.5 Å². The predicted molar refractivity (Wildman–Crippen MR) is 107 cm³/mol. The molecule has 154 valence electrons. The number of hydrogen-bond acceptors (Lipinski definition) is 3. The molecule has 0 spiro atoms. The molecule has 0 fully saturated rings. The van der Waals surface area contributed by atoms with E-state index in [0.29, 0.717) is 12.8 Å². The van der Waals surface area contributed by atoms with Gasteiger partial charge in [0, 0.05) is 12.8 Å². The smallest absolute Gasteiger partial charge is 0.309 e. The molecule has 2 N–H and O–H groups in total. The molecule has 0 aliphatic rings. The van der Waals surface area contributed by atoms with E-state index in [9.17, 15) is 19.8 Å². The Labute approximate surface area is 160 Å². The van der Waals surface area contributed by atoms with Gasteiger partial charge in [0.25, 0.3) is 0 Å². The molecule has 0 aromatic heterocycles. The molecule has 0 saturated carbocycles. The van der Waals surface area contributed by atoms with Crippen LogP contribution in [0.1, 0.15) is 117 Å². The number of Topliss-reactive ketones (excluding diaryl/α,β-unsaturated/α-hetero) is 1. The Kier molecular flexibility index (Phi) is 16.9. The third-order valence-electron chi connectivity index (χ3n) is 5.15. The van der Waals surface area contributed by atoms with Crippen molar-refractivity contribution in [2.75, 3.05) is 0 Å². The lowest BCUT2D eigenvalue weighted by Crippen LogP contribution is -2.30. The van der Waals surface area contributed by atoms with Crippen LogP contribution >= 0.6 is 0 Å². The number of carboxylic acid groups (broad SMARTS) is 1. The van der Waals surface area contributed by atoms with Crippen LogP contribution in [0.5, 0.6) is 0 Å². The Bertz CT molecular complexity index is 354. The van der Waals surface area contributed by atoms with Gasteiger partial charge in [0.15, 0.2) is 0 Å². The third kappa shape index (κ3) is 14.3. The zero-order valence-electron chi connectivity index (χ0n) is 17.2. The standard InChI is InChI=1S/C22H42O4/c1-3-5-7-9-10-11-12-13-14-16-19(23)18-21(24)20(22(25)26)17-15-8-6-4-2/h20-21,24H,3-18H2,1-2H3,(H,25,26). The molecule has 0 aliphatic carbocycles. The van der Waals surface area contributed by atoms with Gasteiger partial charge in [0.1, 0.15) is 5.78 Å². The molecule has 0 aromatic carbocycles. The van der Waals surface area contributed by atoms with Gasteiger partial charge in [-0.1, -0.05) is 90.9 Å². The largest absolute Gasteiger partial charge is 0.481 e. The molecule has 0 heterocycles. The van der Waals surface area contributed by atoms with Gasteiger partial charge >= 0.3 is 5.97 Å². The average Bonchev–Trinajstić information content (AvgIpc) is 2.59. The molecule has 0 aliphatic heterocycles. The summed E-state index contributed by atoms with van der Waals surface area (Å²) in [7, 11) is 0. The normalized spacial score (nSPS) is 13.5. The van der Waals surface area contributed by atoms with Crippen molar-refractivity contribution < 1.29 is 19.8 Å². The van der Waals surface area contributed by atoms with Crippen LogP contribution in [0.4, 0.5) is 0 Å². The van der Waals surface area contributed by atoms with Gasteiger partial charge in [-0.2, -0.15) is 0 Å². The van der Waals surface area contributed by atoms with Crippen LogP contribution in [0.3, 0.4) is 0 Å². The fourth-order valence-electron chi connectivity index (χ4n) is 3.38. The number of ketones is 1. The van der Waals surface area contributed by atoms with Crippen molar-refractivity contribution >= 4 is 11.8 Å². The van der Waals surface area contributed by atoms with Crippen LogP contribution in [0, 0.1) is 5.92 Å². The number of carboxylic acids is 1. The van der Waals surface area contributed by atoms with E-state index in [2.05, 4.69) is 13.8 Å². The molecule has 0 saturated heterocycles. The van der Waals surface area contributed by atoms with Crippen molar-refractivity contribution in [3.63, 3.8) is 0 Å². The molecule has 0 radical (unpaired) electrons. The van der Waals surface area contributed by atoms with Gasteiger partial charge in [-0.15, -0.1) is 0 Å². The summed E-state index contributed by atoms with van der Waals surface area (Å²) < 4.78 is 0. The van der Waals surface area contributed by atoms with Crippen molar-refractivity contribution in [3.8, 4) is 0 Å². The van der Waals surface area contributed by atoms with Gasteiger partial charge in [-0.3, -0.25) is 9.59 Å². The summed E-state index contributed by atoms with van der Waals surface area (Å²) in [5, 5.41) is 19.4. The zero-order chi connectivity index (χ0) is 19.6. The highest BCUT2D eigenvalue weighted by atomic mass is 16.4. The fourth-order valence-corrected chi connectivity index (χ4v) is 3.38. The van der Waals surface area contributed by atoms with Crippen molar-refractivity contribution in [2.45, 2.75) is 123 Å². The molecule has 0 aromatic rings. The lowest BCUT2D eigenvalue weighted by molar-refractivity contribution is -0.146. The number of hydrogen-bond donors (Lipinski definition) is 2. The monoisotopic (exact) mass is 370 g/mol. The molecule has 2 unspecified atom stereocenters. The number of carbonyl (C=O) groups is 2. The van der Waals surface area contributed by atoms with E-state index in [0.717, 1.165) is 44.9 Å². The third-order valence-corrected chi connectivity index (χ3v) is 5.15. The highest BCUT2D eigenvalue weighted by Crippen LogP contribution is 2.19. The van der Waals surface area contributed by atoms with E-state index in [1.807, 2.05) is 0 Å². The quantitative estimate of drug-likeness (QED) is 0.278. The van der Waals surface area contributed by atoms with Crippen molar-refractivity contribution in [3.05, 3.63) is 0 Å². The maximum Gasteiger partial charge on any atom is 0.309 e. The van der Waals surface area contributed by atoms with E-state index in [1.54, 1.807) is 0 Å². The average molecular weight is 371 g/mol. The first kappa shape index (κ1) is 25.1. The Morgan fingerprint density at radius 2 is 1.19 bits per heavy atom. The second-order valence-electron chi connectivity index (χ2n) is 7.68. The Hall–Kier alpha value is -0.900. The maximum absolute atomic E-state index is 12.0. The minimum absolute atomic E-state index is 0.000235. The van der Waals surface area contributed by atoms with Crippen LogP contribution in [-0.4, -0.2) is 28.1 Å². The van der Waals surface area contributed by atoms with Crippen LogP contribution < -0.4 is 0 Å². The summed E-state index contributed by atoms with van der Waals surface area (Å²) in [5.41, 5.74) is 0. The molecule has 4 nitrogen and oxygen atoms in total. The Morgan fingerprint density at radius 3 is 1.69 bits per heavy atom. The van der Waals surface area contributed by atoms with Crippen molar-refractivity contribution in [2.24, 2.45) is 5.92 Å². The minimum atomic E-state index is -1.04. The molecule has 4 heteroatoms. The summed E-state index contributed by atoms with van der Waals surface area (Å²) in [6.45, 7) is 4.33.